The van der Waals surface area contributed by atoms with Crippen molar-refractivity contribution >= 4 is 11.7 Å². The van der Waals surface area contributed by atoms with Crippen molar-refractivity contribution in [3.05, 3.63) is 22.8 Å². The molecule has 1 aliphatic carbocycles. The molecule has 0 bridgehead atoms. The fourth-order valence-electron chi connectivity index (χ4n) is 3.30. The van der Waals surface area contributed by atoms with Crippen LogP contribution in [0.25, 0.3) is 5.78 Å². The molecule has 0 saturated heterocycles. The van der Waals surface area contributed by atoms with E-state index in [0.29, 0.717) is 17.8 Å². The highest BCUT2D eigenvalue weighted by atomic mass is 19.4. The molecule has 25 heavy (non-hydrogen) atoms. The molecule has 6 nitrogen and oxygen atoms in total. The first kappa shape index (κ1) is 17.6. The average Bonchev–Trinajstić information content (AvgIpc) is 3.15. The van der Waals surface area contributed by atoms with E-state index in [9.17, 15) is 18.0 Å². The second-order valence-corrected chi connectivity index (χ2v) is 6.46. The lowest BCUT2D eigenvalue weighted by Gasteiger charge is -2.13. The van der Waals surface area contributed by atoms with Crippen LogP contribution in [0.2, 0.25) is 0 Å². The summed E-state index contributed by atoms with van der Waals surface area (Å²) in [6.45, 7) is 3.37. The molecule has 1 saturated carbocycles. The van der Waals surface area contributed by atoms with E-state index in [0.717, 1.165) is 35.8 Å². The standard InChI is InChI=1S/C16H20F3N5O/c1-9-12(7-8-13(25)21-11-5-3-4-6-11)10(2)24-15(20-9)22-14(23-24)16(17,18)19/h11H,3-8H2,1-2H3,(H,21,25). The number of hydrogen-bond donors (Lipinski definition) is 1. The summed E-state index contributed by atoms with van der Waals surface area (Å²) >= 11 is 0. The van der Waals surface area contributed by atoms with E-state index in [-0.39, 0.29) is 24.1 Å². The average molecular weight is 355 g/mol. The first-order chi connectivity index (χ1) is 11.8. The largest absolute Gasteiger partial charge is 0.453 e. The second-order valence-electron chi connectivity index (χ2n) is 6.46. The van der Waals surface area contributed by atoms with Gasteiger partial charge in [-0.1, -0.05) is 12.8 Å². The van der Waals surface area contributed by atoms with Crippen LogP contribution >= 0.6 is 0 Å². The van der Waals surface area contributed by atoms with Gasteiger partial charge in [-0.05, 0) is 38.7 Å². The zero-order chi connectivity index (χ0) is 18.2. The Morgan fingerprint density at radius 2 is 1.92 bits per heavy atom. The summed E-state index contributed by atoms with van der Waals surface area (Å²) in [4.78, 5) is 19.6. The van der Waals surface area contributed by atoms with E-state index >= 15 is 0 Å². The molecule has 0 unspecified atom stereocenters. The number of aromatic nitrogens is 4. The van der Waals surface area contributed by atoms with Gasteiger partial charge in [-0.25, -0.2) is 9.50 Å². The monoisotopic (exact) mass is 355 g/mol. The maximum atomic E-state index is 12.8. The van der Waals surface area contributed by atoms with Crippen molar-refractivity contribution in [3.63, 3.8) is 0 Å². The number of hydrogen-bond acceptors (Lipinski definition) is 4. The van der Waals surface area contributed by atoms with Crippen LogP contribution in [-0.4, -0.2) is 31.5 Å². The first-order valence-corrected chi connectivity index (χ1v) is 8.35. The topological polar surface area (TPSA) is 72.2 Å². The van der Waals surface area contributed by atoms with Crippen LogP contribution in [0.3, 0.4) is 0 Å². The molecule has 136 valence electrons. The van der Waals surface area contributed by atoms with E-state index in [1.165, 1.54) is 0 Å². The number of fused-ring (bicyclic) bond motifs is 1. The van der Waals surface area contributed by atoms with Gasteiger partial charge in [0.2, 0.25) is 5.91 Å². The predicted molar refractivity (Wildman–Crippen MR) is 84.0 cm³/mol. The number of nitrogens with zero attached hydrogens (tertiary/aromatic N) is 4. The number of alkyl halides is 3. The molecule has 2 heterocycles. The Morgan fingerprint density at radius 3 is 2.56 bits per heavy atom. The maximum absolute atomic E-state index is 12.8. The zero-order valence-corrected chi connectivity index (χ0v) is 14.2. The minimum Gasteiger partial charge on any atom is -0.353 e. The van der Waals surface area contributed by atoms with Crippen molar-refractivity contribution in [1.29, 1.82) is 0 Å². The third kappa shape index (κ3) is 3.74. The predicted octanol–water partition coefficient (Wildman–Crippen LogP) is 2.75. The summed E-state index contributed by atoms with van der Waals surface area (Å²) in [7, 11) is 0. The van der Waals surface area contributed by atoms with Crippen LogP contribution in [0.1, 0.15) is 54.9 Å². The Kier molecular flexibility index (Phi) is 4.66. The molecular formula is C16H20F3N5O. The molecule has 0 aliphatic heterocycles. The molecule has 3 rings (SSSR count). The molecular weight excluding hydrogens is 335 g/mol. The number of carbonyl (C=O) groups excluding carboxylic acids is 1. The lowest BCUT2D eigenvalue weighted by molar-refractivity contribution is -0.144. The van der Waals surface area contributed by atoms with E-state index in [1.54, 1.807) is 13.8 Å². The highest BCUT2D eigenvalue weighted by molar-refractivity contribution is 5.76. The van der Waals surface area contributed by atoms with Gasteiger partial charge in [-0.3, -0.25) is 4.79 Å². The van der Waals surface area contributed by atoms with Gasteiger partial charge in [0.15, 0.2) is 0 Å². The summed E-state index contributed by atoms with van der Waals surface area (Å²) in [5.74, 6) is -1.33. The van der Waals surface area contributed by atoms with Crippen LogP contribution in [0, 0.1) is 13.8 Å². The van der Waals surface area contributed by atoms with Gasteiger partial charge < -0.3 is 5.32 Å². The summed E-state index contributed by atoms with van der Waals surface area (Å²) in [6.07, 6.45) is 0.351. The van der Waals surface area contributed by atoms with Crippen molar-refractivity contribution in [2.24, 2.45) is 0 Å². The van der Waals surface area contributed by atoms with Gasteiger partial charge in [-0.2, -0.15) is 18.2 Å². The molecule has 2 aromatic heterocycles. The number of aryl methyl sites for hydroxylation is 2. The maximum Gasteiger partial charge on any atom is 0.453 e. The van der Waals surface area contributed by atoms with E-state index in [2.05, 4.69) is 20.4 Å². The Morgan fingerprint density at radius 1 is 1.24 bits per heavy atom. The summed E-state index contributed by atoms with van der Waals surface area (Å²) < 4.78 is 39.5. The fraction of sp³-hybridized carbons (Fsp3) is 0.625. The van der Waals surface area contributed by atoms with Crippen molar-refractivity contribution < 1.29 is 18.0 Å². The molecule has 1 N–H and O–H groups in total. The highest BCUT2D eigenvalue weighted by Crippen LogP contribution is 2.27. The minimum atomic E-state index is -4.62. The zero-order valence-electron chi connectivity index (χ0n) is 14.2. The van der Waals surface area contributed by atoms with E-state index in [1.807, 2.05) is 0 Å². The second kappa shape index (κ2) is 6.61. The van der Waals surface area contributed by atoms with Gasteiger partial charge in [0.1, 0.15) is 0 Å². The number of nitrogens with one attached hydrogen (secondary N) is 1. The number of rotatable bonds is 4. The Bertz CT molecular complexity index is 793. The fourth-order valence-corrected chi connectivity index (χ4v) is 3.30. The highest BCUT2D eigenvalue weighted by Gasteiger charge is 2.37. The van der Waals surface area contributed by atoms with Gasteiger partial charge in [0, 0.05) is 23.9 Å². The number of halogens is 3. The van der Waals surface area contributed by atoms with Crippen molar-refractivity contribution in [2.45, 2.75) is 64.6 Å². The molecule has 0 atom stereocenters. The molecule has 0 spiro atoms. The van der Waals surface area contributed by atoms with Crippen LogP contribution in [0.4, 0.5) is 13.2 Å². The number of carbonyl (C=O) groups is 1. The quantitative estimate of drug-likeness (QED) is 0.915. The van der Waals surface area contributed by atoms with Crippen molar-refractivity contribution in [3.8, 4) is 0 Å². The Balaban J connectivity index is 1.77. The molecule has 0 radical (unpaired) electrons. The lowest BCUT2D eigenvalue weighted by atomic mass is 10.1. The SMILES string of the molecule is Cc1nc2nc(C(F)(F)F)nn2c(C)c1CCC(=O)NC1CCCC1. The van der Waals surface area contributed by atoms with Gasteiger partial charge in [-0.15, -0.1) is 5.10 Å². The number of amides is 1. The van der Waals surface area contributed by atoms with E-state index < -0.39 is 12.0 Å². The first-order valence-electron chi connectivity index (χ1n) is 8.35. The Hall–Kier alpha value is -2.19. The van der Waals surface area contributed by atoms with Gasteiger partial charge >= 0.3 is 6.18 Å². The summed E-state index contributed by atoms with van der Waals surface area (Å²) in [6, 6.07) is 0.250. The summed E-state index contributed by atoms with van der Waals surface area (Å²) in [5, 5.41) is 6.52. The van der Waals surface area contributed by atoms with E-state index in [4.69, 9.17) is 0 Å². The Labute approximate surface area is 142 Å². The van der Waals surface area contributed by atoms with Gasteiger partial charge in [0.05, 0.1) is 0 Å². The smallest absolute Gasteiger partial charge is 0.353 e. The molecule has 2 aromatic rings. The molecule has 1 fully saturated rings. The minimum absolute atomic E-state index is 0.0413. The van der Waals surface area contributed by atoms with Crippen molar-refractivity contribution in [2.75, 3.05) is 0 Å². The summed E-state index contributed by atoms with van der Waals surface area (Å²) in [5.41, 5.74) is 1.83. The van der Waals surface area contributed by atoms with Crippen LogP contribution in [0.15, 0.2) is 0 Å². The lowest BCUT2D eigenvalue weighted by Crippen LogP contribution is -2.32. The molecule has 0 aromatic carbocycles. The normalized spacial score (nSPS) is 15.9. The third-order valence-corrected chi connectivity index (χ3v) is 4.62. The third-order valence-electron chi connectivity index (χ3n) is 4.62. The van der Waals surface area contributed by atoms with Crippen LogP contribution in [0.5, 0.6) is 0 Å². The van der Waals surface area contributed by atoms with Crippen LogP contribution < -0.4 is 5.32 Å². The molecule has 1 aliphatic rings. The molecule has 1 amide bonds. The van der Waals surface area contributed by atoms with Crippen molar-refractivity contribution in [1.82, 2.24) is 24.9 Å². The van der Waals surface area contributed by atoms with Gasteiger partial charge in [0.25, 0.3) is 11.6 Å². The molecule has 9 heteroatoms. The van der Waals surface area contributed by atoms with Crippen LogP contribution in [-0.2, 0) is 17.4 Å².